The molecule has 2 heteroatoms. The van der Waals surface area contributed by atoms with E-state index in [0.29, 0.717) is 12.3 Å². The van der Waals surface area contributed by atoms with Gasteiger partial charge in [-0.1, -0.05) is 38.3 Å². The van der Waals surface area contributed by atoms with Crippen LogP contribution in [0.4, 0.5) is 0 Å². The molecule has 0 aromatic heterocycles. The molecule has 2 nitrogen and oxygen atoms in total. The van der Waals surface area contributed by atoms with Crippen molar-refractivity contribution in [2.75, 3.05) is 0 Å². The van der Waals surface area contributed by atoms with Crippen molar-refractivity contribution in [2.45, 2.75) is 51.0 Å². The summed E-state index contributed by atoms with van der Waals surface area (Å²) in [7, 11) is 0. The van der Waals surface area contributed by atoms with Gasteiger partial charge < -0.3 is 10.2 Å². The van der Waals surface area contributed by atoms with Crippen LogP contribution in [0.15, 0.2) is 24.3 Å². The van der Waals surface area contributed by atoms with Crippen LogP contribution in [0, 0.1) is 5.92 Å². The van der Waals surface area contributed by atoms with Crippen LogP contribution in [0.5, 0.6) is 5.75 Å². The number of phenols is 1. The molecular weight excluding hydrogens is 212 g/mol. The topological polar surface area (TPSA) is 40.5 Å². The third-order valence-electron chi connectivity index (χ3n) is 4.09. The molecule has 1 aromatic rings. The summed E-state index contributed by atoms with van der Waals surface area (Å²) in [6.07, 6.45) is 6.08. The van der Waals surface area contributed by atoms with E-state index in [2.05, 4.69) is 6.92 Å². The lowest BCUT2D eigenvalue weighted by molar-refractivity contribution is -0.0491. The molecule has 0 saturated heterocycles. The Morgan fingerprint density at radius 3 is 2.88 bits per heavy atom. The number of hydrogen-bond acceptors (Lipinski definition) is 2. The largest absolute Gasteiger partial charge is 0.508 e. The standard InChI is InChI=1S/C15H22O2/c1-2-13-7-3-4-9-15(13,17)11-12-6-5-8-14(16)10-12/h5-6,8,10,13,16-17H,2-4,7,9,11H2,1H3. The minimum atomic E-state index is -0.569. The van der Waals surface area contributed by atoms with Gasteiger partial charge in [-0.25, -0.2) is 0 Å². The number of rotatable bonds is 3. The predicted octanol–water partition coefficient (Wildman–Crippen LogP) is 3.27. The molecule has 0 heterocycles. The lowest BCUT2D eigenvalue weighted by atomic mass is 9.71. The van der Waals surface area contributed by atoms with Gasteiger partial charge in [-0.3, -0.25) is 0 Å². The number of phenolic OH excluding ortho intramolecular Hbond substituents is 1. The molecular formula is C15H22O2. The van der Waals surface area contributed by atoms with Crippen LogP contribution in [-0.2, 0) is 6.42 Å². The highest BCUT2D eigenvalue weighted by atomic mass is 16.3. The Hall–Kier alpha value is -1.02. The maximum Gasteiger partial charge on any atom is 0.115 e. The van der Waals surface area contributed by atoms with Crippen molar-refractivity contribution in [2.24, 2.45) is 5.92 Å². The van der Waals surface area contributed by atoms with Gasteiger partial charge in [0.05, 0.1) is 5.60 Å². The van der Waals surface area contributed by atoms with Crippen molar-refractivity contribution < 1.29 is 10.2 Å². The zero-order valence-corrected chi connectivity index (χ0v) is 10.5. The van der Waals surface area contributed by atoms with Gasteiger partial charge in [-0.05, 0) is 36.5 Å². The van der Waals surface area contributed by atoms with Crippen LogP contribution >= 0.6 is 0 Å². The van der Waals surface area contributed by atoms with Crippen LogP contribution in [0.1, 0.15) is 44.6 Å². The molecule has 1 aliphatic carbocycles. The molecule has 2 unspecified atom stereocenters. The second kappa shape index (κ2) is 5.09. The van der Waals surface area contributed by atoms with Gasteiger partial charge in [0.2, 0.25) is 0 Å². The van der Waals surface area contributed by atoms with Crippen LogP contribution < -0.4 is 0 Å². The maximum absolute atomic E-state index is 10.8. The van der Waals surface area contributed by atoms with E-state index in [1.165, 1.54) is 6.42 Å². The smallest absolute Gasteiger partial charge is 0.115 e. The van der Waals surface area contributed by atoms with Gasteiger partial charge in [0.15, 0.2) is 0 Å². The molecule has 2 rings (SSSR count). The number of aliphatic hydroxyl groups is 1. The van der Waals surface area contributed by atoms with Crippen molar-refractivity contribution in [1.82, 2.24) is 0 Å². The average Bonchev–Trinajstić information content (AvgIpc) is 2.29. The zero-order valence-electron chi connectivity index (χ0n) is 10.5. The van der Waals surface area contributed by atoms with Gasteiger partial charge in [0.25, 0.3) is 0 Å². The fourth-order valence-electron chi connectivity index (χ4n) is 3.13. The number of aromatic hydroxyl groups is 1. The molecule has 0 bridgehead atoms. The molecule has 1 fully saturated rings. The Morgan fingerprint density at radius 2 is 2.18 bits per heavy atom. The van der Waals surface area contributed by atoms with E-state index in [9.17, 15) is 10.2 Å². The molecule has 2 N–H and O–H groups in total. The van der Waals surface area contributed by atoms with Crippen LogP contribution in [0.2, 0.25) is 0 Å². The normalized spacial score (nSPS) is 29.2. The minimum absolute atomic E-state index is 0.287. The molecule has 94 valence electrons. The molecule has 1 aliphatic rings. The van der Waals surface area contributed by atoms with Crippen LogP contribution in [0.3, 0.4) is 0 Å². The molecule has 17 heavy (non-hydrogen) atoms. The maximum atomic E-state index is 10.8. The van der Waals surface area contributed by atoms with E-state index in [0.717, 1.165) is 31.2 Å². The molecule has 0 spiro atoms. The summed E-state index contributed by atoms with van der Waals surface area (Å²) in [6.45, 7) is 2.16. The van der Waals surface area contributed by atoms with Gasteiger partial charge >= 0.3 is 0 Å². The van der Waals surface area contributed by atoms with Crippen molar-refractivity contribution in [3.05, 3.63) is 29.8 Å². The van der Waals surface area contributed by atoms with Crippen LogP contribution in [-0.4, -0.2) is 15.8 Å². The first-order chi connectivity index (χ1) is 8.14. The summed E-state index contributed by atoms with van der Waals surface area (Å²) in [6, 6.07) is 7.27. The molecule has 0 aliphatic heterocycles. The first kappa shape index (κ1) is 12.4. The van der Waals surface area contributed by atoms with Gasteiger partial charge in [-0.15, -0.1) is 0 Å². The summed E-state index contributed by atoms with van der Waals surface area (Å²) in [5.74, 6) is 0.688. The Bertz CT molecular complexity index is 375. The van der Waals surface area contributed by atoms with E-state index in [1.807, 2.05) is 12.1 Å². The monoisotopic (exact) mass is 234 g/mol. The Labute approximate surface area is 103 Å². The quantitative estimate of drug-likeness (QED) is 0.842. The van der Waals surface area contributed by atoms with E-state index >= 15 is 0 Å². The van der Waals surface area contributed by atoms with Crippen molar-refractivity contribution in [3.63, 3.8) is 0 Å². The fraction of sp³-hybridized carbons (Fsp3) is 0.600. The third-order valence-corrected chi connectivity index (χ3v) is 4.09. The first-order valence-corrected chi connectivity index (χ1v) is 6.64. The number of hydrogen-bond donors (Lipinski definition) is 2. The van der Waals surface area contributed by atoms with Gasteiger partial charge in [0, 0.05) is 6.42 Å². The molecule has 2 atom stereocenters. The Kier molecular flexibility index (Phi) is 3.72. The summed E-state index contributed by atoms with van der Waals surface area (Å²) in [4.78, 5) is 0. The predicted molar refractivity (Wildman–Crippen MR) is 69.0 cm³/mol. The van der Waals surface area contributed by atoms with Gasteiger partial charge in [-0.2, -0.15) is 0 Å². The van der Waals surface area contributed by atoms with Gasteiger partial charge in [0.1, 0.15) is 5.75 Å². The molecule has 0 radical (unpaired) electrons. The highest BCUT2D eigenvalue weighted by Gasteiger charge is 2.37. The summed E-state index contributed by atoms with van der Waals surface area (Å²) < 4.78 is 0. The second-order valence-corrected chi connectivity index (χ2v) is 5.30. The van der Waals surface area contributed by atoms with E-state index in [-0.39, 0.29) is 5.75 Å². The Balaban J connectivity index is 2.14. The molecule has 0 amide bonds. The van der Waals surface area contributed by atoms with E-state index in [4.69, 9.17) is 0 Å². The minimum Gasteiger partial charge on any atom is -0.508 e. The highest BCUT2D eigenvalue weighted by molar-refractivity contribution is 5.28. The summed E-state index contributed by atoms with van der Waals surface area (Å²) in [5.41, 5.74) is 0.466. The van der Waals surface area contributed by atoms with Crippen molar-refractivity contribution >= 4 is 0 Å². The molecule has 1 aromatic carbocycles. The van der Waals surface area contributed by atoms with E-state index in [1.54, 1.807) is 12.1 Å². The lowest BCUT2D eigenvalue weighted by Gasteiger charge is -2.40. The fourth-order valence-corrected chi connectivity index (χ4v) is 3.13. The third kappa shape index (κ3) is 2.81. The average molecular weight is 234 g/mol. The second-order valence-electron chi connectivity index (χ2n) is 5.30. The SMILES string of the molecule is CCC1CCCCC1(O)Cc1cccc(O)c1. The Morgan fingerprint density at radius 1 is 1.35 bits per heavy atom. The number of benzene rings is 1. The van der Waals surface area contributed by atoms with Crippen LogP contribution in [0.25, 0.3) is 0 Å². The van der Waals surface area contributed by atoms with Crippen molar-refractivity contribution in [3.8, 4) is 5.75 Å². The molecule has 1 saturated carbocycles. The van der Waals surface area contributed by atoms with E-state index < -0.39 is 5.60 Å². The first-order valence-electron chi connectivity index (χ1n) is 6.64. The highest BCUT2D eigenvalue weighted by Crippen LogP contribution is 2.38. The zero-order chi connectivity index (χ0) is 12.3. The lowest BCUT2D eigenvalue weighted by Crippen LogP contribution is -2.42. The van der Waals surface area contributed by atoms with Crippen molar-refractivity contribution in [1.29, 1.82) is 0 Å². The summed E-state index contributed by atoms with van der Waals surface area (Å²) >= 11 is 0. The summed E-state index contributed by atoms with van der Waals surface area (Å²) in [5, 5.41) is 20.3.